The number of nitrogens with zero attached hydrogens (tertiary/aromatic N) is 2. The fourth-order valence-corrected chi connectivity index (χ4v) is 2.46. The molecule has 1 aromatic carbocycles. The number of ether oxygens (including phenoxy) is 1. The number of thiazole rings is 1. The number of nitrogens with two attached hydrogens (primary N) is 1. The van der Waals surface area contributed by atoms with Crippen LogP contribution in [0, 0.1) is 13.8 Å². The van der Waals surface area contributed by atoms with Gasteiger partial charge in [-0.1, -0.05) is 6.07 Å². The highest BCUT2D eigenvalue weighted by atomic mass is 32.1. The number of hydrogen-bond donors (Lipinski definition) is 2. The van der Waals surface area contributed by atoms with Gasteiger partial charge in [-0.05, 0) is 44.0 Å². The summed E-state index contributed by atoms with van der Waals surface area (Å²) in [6.07, 6.45) is 0. The number of hydrogen-bond acceptors (Lipinski definition) is 6. The van der Waals surface area contributed by atoms with Gasteiger partial charge < -0.3 is 10.5 Å². The molecule has 0 aliphatic rings. The van der Waals surface area contributed by atoms with Crippen molar-refractivity contribution in [1.82, 2.24) is 10.4 Å². The maximum Gasteiger partial charge on any atom is 0.277 e. The lowest BCUT2D eigenvalue weighted by molar-refractivity contribution is -0.123. The van der Waals surface area contributed by atoms with Gasteiger partial charge >= 0.3 is 0 Å². The van der Waals surface area contributed by atoms with Crippen molar-refractivity contribution in [3.05, 3.63) is 40.4 Å². The number of nitrogen functional groups attached to an aromatic ring is 1. The number of aryl methyl sites for hydroxylation is 2. The minimum Gasteiger partial charge on any atom is -0.484 e. The highest BCUT2D eigenvalue weighted by Gasteiger charge is 2.05. The monoisotopic (exact) mass is 318 g/mol. The third kappa shape index (κ3) is 4.56. The van der Waals surface area contributed by atoms with E-state index in [9.17, 15) is 4.79 Å². The first-order valence-corrected chi connectivity index (χ1v) is 7.57. The van der Waals surface area contributed by atoms with Crippen molar-refractivity contribution in [3.63, 3.8) is 0 Å². The average molecular weight is 318 g/mol. The molecule has 3 N–H and O–H groups in total. The van der Waals surface area contributed by atoms with Crippen molar-refractivity contribution < 1.29 is 9.53 Å². The molecule has 1 aromatic heterocycles. The first-order valence-electron chi connectivity index (χ1n) is 6.69. The van der Waals surface area contributed by atoms with Crippen LogP contribution in [0.15, 0.2) is 28.7 Å². The highest BCUT2D eigenvalue weighted by molar-refractivity contribution is 7.13. The Hall–Kier alpha value is -2.41. The van der Waals surface area contributed by atoms with Gasteiger partial charge in [0.2, 0.25) is 0 Å². The summed E-state index contributed by atoms with van der Waals surface area (Å²) in [6, 6.07) is 5.81. The van der Waals surface area contributed by atoms with E-state index in [4.69, 9.17) is 10.5 Å². The van der Waals surface area contributed by atoms with Crippen LogP contribution in [0.2, 0.25) is 0 Å². The fraction of sp³-hybridized carbons (Fsp3) is 0.267. The van der Waals surface area contributed by atoms with Gasteiger partial charge in [0.1, 0.15) is 5.75 Å². The second-order valence-electron chi connectivity index (χ2n) is 4.92. The molecule has 0 aliphatic heterocycles. The van der Waals surface area contributed by atoms with E-state index in [0.717, 1.165) is 11.1 Å². The number of carbonyl (C=O) groups is 1. The number of anilines is 1. The van der Waals surface area contributed by atoms with Gasteiger partial charge in [0, 0.05) is 5.38 Å². The van der Waals surface area contributed by atoms with E-state index in [0.29, 0.717) is 22.3 Å². The van der Waals surface area contributed by atoms with Crippen LogP contribution in [-0.4, -0.2) is 23.2 Å². The molecule has 116 valence electrons. The Kier molecular flexibility index (Phi) is 5.11. The van der Waals surface area contributed by atoms with Crippen molar-refractivity contribution in [2.24, 2.45) is 5.10 Å². The second kappa shape index (κ2) is 7.04. The zero-order valence-corrected chi connectivity index (χ0v) is 13.5. The summed E-state index contributed by atoms with van der Waals surface area (Å²) in [7, 11) is 0. The van der Waals surface area contributed by atoms with Gasteiger partial charge in [0.15, 0.2) is 11.7 Å². The Morgan fingerprint density at radius 1 is 1.36 bits per heavy atom. The van der Waals surface area contributed by atoms with Crippen molar-refractivity contribution in [2.45, 2.75) is 20.8 Å². The van der Waals surface area contributed by atoms with E-state index in [1.165, 1.54) is 11.3 Å². The normalized spacial score (nSPS) is 11.3. The zero-order valence-electron chi connectivity index (χ0n) is 12.7. The third-order valence-corrected chi connectivity index (χ3v) is 3.48. The number of rotatable bonds is 5. The summed E-state index contributed by atoms with van der Waals surface area (Å²) in [4.78, 5) is 15.8. The fourth-order valence-electron chi connectivity index (χ4n) is 1.85. The van der Waals surface area contributed by atoms with Crippen LogP contribution in [0.5, 0.6) is 5.75 Å². The number of benzene rings is 1. The molecule has 0 radical (unpaired) electrons. The summed E-state index contributed by atoms with van der Waals surface area (Å²) < 4.78 is 5.46. The van der Waals surface area contributed by atoms with Crippen LogP contribution >= 0.6 is 11.3 Å². The molecule has 0 spiro atoms. The number of aromatic nitrogens is 1. The number of carbonyl (C=O) groups excluding carboxylic acids is 1. The molecule has 2 aromatic rings. The van der Waals surface area contributed by atoms with Crippen LogP contribution in [0.3, 0.4) is 0 Å². The summed E-state index contributed by atoms with van der Waals surface area (Å²) in [5.74, 6) is 0.335. The van der Waals surface area contributed by atoms with Crippen molar-refractivity contribution in [3.8, 4) is 5.75 Å². The van der Waals surface area contributed by atoms with Crippen LogP contribution in [0.25, 0.3) is 0 Å². The second-order valence-corrected chi connectivity index (χ2v) is 5.80. The summed E-state index contributed by atoms with van der Waals surface area (Å²) in [6.45, 7) is 5.61. The lowest BCUT2D eigenvalue weighted by Gasteiger charge is -2.07. The molecule has 0 fully saturated rings. The van der Waals surface area contributed by atoms with Gasteiger partial charge in [-0.15, -0.1) is 11.3 Å². The molecule has 0 aliphatic carbocycles. The SMILES string of the molecule is C/C(=N\NC(=O)COc1cc(C)cc(C)c1)c1csc(N)n1. The average Bonchev–Trinajstić information content (AvgIpc) is 2.88. The van der Waals surface area contributed by atoms with Crippen molar-refractivity contribution in [1.29, 1.82) is 0 Å². The maximum atomic E-state index is 11.7. The molecular formula is C15H18N4O2S. The predicted octanol–water partition coefficient (Wildman–Crippen LogP) is 2.26. The topological polar surface area (TPSA) is 89.6 Å². The summed E-state index contributed by atoms with van der Waals surface area (Å²) in [5.41, 5.74) is 11.4. The van der Waals surface area contributed by atoms with E-state index >= 15 is 0 Å². The molecule has 0 unspecified atom stereocenters. The zero-order chi connectivity index (χ0) is 16.1. The van der Waals surface area contributed by atoms with Crippen LogP contribution in [0.4, 0.5) is 5.13 Å². The van der Waals surface area contributed by atoms with Crippen LogP contribution in [0.1, 0.15) is 23.7 Å². The molecular weight excluding hydrogens is 300 g/mol. The minimum absolute atomic E-state index is 0.0983. The van der Waals surface area contributed by atoms with E-state index in [1.807, 2.05) is 32.0 Å². The van der Waals surface area contributed by atoms with Gasteiger partial charge in [-0.25, -0.2) is 10.4 Å². The van der Waals surface area contributed by atoms with Crippen molar-refractivity contribution >= 4 is 28.1 Å². The molecule has 2 rings (SSSR count). The maximum absolute atomic E-state index is 11.7. The number of amides is 1. The quantitative estimate of drug-likeness (QED) is 0.653. The molecule has 22 heavy (non-hydrogen) atoms. The predicted molar refractivity (Wildman–Crippen MR) is 88.3 cm³/mol. The minimum atomic E-state index is -0.332. The van der Waals surface area contributed by atoms with Crippen LogP contribution < -0.4 is 15.9 Å². The van der Waals surface area contributed by atoms with Crippen molar-refractivity contribution in [2.75, 3.05) is 12.3 Å². The Morgan fingerprint density at radius 3 is 2.64 bits per heavy atom. The molecule has 1 heterocycles. The van der Waals surface area contributed by atoms with Crippen LogP contribution in [-0.2, 0) is 4.79 Å². The highest BCUT2D eigenvalue weighted by Crippen LogP contribution is 2.16. The number of hydrazone groups is 1. The molecule has 0 bridgehead atoms. The first kappa shape index (κ1) is 16.0. The Labute approximate surface area is 133 Å². The smallest absolute Gasteiger partial charge is 0.277 e. The van der Waals surface area contributed by atoms with Gasteiger partial charge in [-0.3, -0.25) is 4.79 Å². The van der Waals surface area contributed by atoms with Gasteiger partial charge in [0.25, 0.3) is 5.91 Å². The number of nitrogens with one attached hydrogen (secondary N) is 1. The summed E-state index contributed by atoms with van der Waals surface area (Å²) >= 11 is 1.33. The first-order chi connectivity index (χ1) is 10.4. The van der Waals surface area contributed by atoms with E-state index in [-0.39, 0.29) is 12.5 Å². The molecule has 0 saturated heterocycles. The lowest BCUT2D eigenvalue weighted by Crippen LogP contribution is -2.25. The Morgan fingerprint density at radius 2 is 2.05 bits per heavy atom. The lowest BCUT2D eigenvalue weighted by atomic mass is 10.1. The standard InChI is InChI=1S/C15H18N4O2S/c1-9-4-10(2)6-12(5-9)21-7-14(20)19-18-11(3)13-8-22-15(16)17-13/h4-6,8H,7H2,1-3H3,(H2,16,17)(H,19,20)/b18-11+. The Bertz CT molecular complexity index is 689. The third-order valence-electron chi connectivity index (χ3n) is 2.81. The largest absolute Gasteiger partial charge is 0.484 e. The molecule has 0 saturated carbocycles. The molecule has 1 amide bonds. The van der Waals surface area contributed by atoms with E-state index in [1.54, 1.807) is 12.3 Å². The van der Waals surface area contributed by atoms with Gasteiger partial charge in [0.05, 0.1) is 11.4 Å². The van der Waals surface area contributed by atoms with E-state index < -0.39 is 0 Å². The Balaban J connectivity index is 1.87. The van der Waals surface area contributed by atoms with Gasteiger partial charge in [-0.2, -0.15) is 5.10 Å². The molecule has 0 atom stereocenters. The molecule has 7 heteroatoms. The molecule has 6 nitrogen and oxygen atoms in total. The van der Waals surface area contributed by atoms with E-state index in [2.05, 4.69) is 15.5 Å². The summed E-state index contributed by atoms with van der Waals surface area (Å²) in [5, 5.41) is 6.23.